The van der Waals surface area contributed by atoms with Gasteiger partial charge in [0.25, 0.3) is 5.91 Å². The zero-order valence-corrected chi connectivity index (χ0v) is 16.3. The summed E-state index contributed by atoms with van der Waals surface area (Å²) in [6, 6.07) is 27.8. The molecule has 0 radical (unpaired) electrons. The molecule has 0 aliphatic heterocycles. The molecule has 0 aliphatic rings. The Morgan fingerprint density at radius 1 is 0.931 bits per heavy atom. The SMILES string of the molecule is CCn1cc(/C=N\NC(=O)C(c2ccccc2)c2ccccc2)c2ccccc21. The van der Waals surface area contributed by atoms with Crippen molar-refractivity contribution >= 4 is 23.0 Å². The maximum Gasteiger partial charge on any atom is 0.252 e. The Labute approximate surface area is 170 Å². The van der Waals surface area contributed by atoms with E-state index in [4.69, 9.17) is 0 Å². The molecule has 4 nitrogen and oxygen atoms in total. The highest BCUT2D eigenvalue weighted by Gasteiger charge is 2.22. The molecule has 0 fully saturated rings. The van der Waals surface area contributed by atoms with Crippen LogP contribution in [-0.2, 0) is 11.3 Å². The summed E-state index contributed by atoms with van der Waals surface area (Å²) < 4.78 is 2.18. The van der Waals surface area contributed by atoms with Crippen LogP contribution in [0.5, 0.6) is 0 Å². The topological polar surface area (TPSA) is 46.4 Å². The van der Waals surface area contributed by atoms with Gasteiger partial charge in [-0.05, 0) is 24.1 Å². The first-order chi connectivity index (χ1) is 14.3. The third kappa shape index (κ3) is 3.97. The number of fused-ring (bicyclic) bond motifs is 1. The number of carbonyl (C=O) groups excluding carboxylic acids is 1. The van der Waals surface area contributed by atoms with Crippen LogP contribution in [0, 0.1) is 0 Å². The standard InChI is InChI=1S/C25H23N3O/c1-2-28-18-21(22-15-9-10-16-23(22)28)17-26-27-25(29)24(19-11-5-3-6-12-19)20-13-7-4-8-14-20/h3-18,24H,2H2,1H3,(H,27,29)/b26-17-. The Bertz CT molecular complexity index is 1090. The molecule has 144 valence electrons. The van der Waals surface area contributed by atoms with Gasteiger partial charge in [-0.1, -0.05) is 78.9 Å². The summed E-state index contributed by atoms with van der Waals surface area (Å²) in [5.41, 5.74) is 6.77. The zero-order chi connectivity index (χ0) is 20.1. The molecule has 3 aromatic carbocycles. The lowest BCUT2D eigenvalue weighted by molar-refractivity contribution is -0.121. The number of nitrogens with one attached hydrogen (secondary N) is 1. The average Bonchev–Trinajstić information content (AvgIpc) is 3.13. The molecule has 0 spiro atoms. The molecule has 4 rings (SSSR count). The van der Waals surface area contributed by atoms with Gasteiger partial charge >= 0.3 is 0 Å². The Morgan fingerprint density at radius 2 is 1.52 bits per heavy atom. The molecule has 0 saturated heterocycles. The number of hydrazone groups is 1. The summed E-state index contributed by atoms with van der Waals surface area (Å²) in [6.45, 7) is 2.99. The Balaban J connectivity index is 1.59. The first kappa shape index (κ1) is 18.7. The van der Waals surface area contributed by atoms with Crippen molar-refractivity contribution in [3.8, 4) is 0 Å². The lowest BCUT2D eigenvalue weighted by Crippen LogP contribution is -2.26. The normalized spacial score (nSPS) is 11.4. The Kier molecular flexibility index (Phi) is 5.52. The van der Waals surface area contributed by atoms with E-state index < -0.39 is 5.92 Å². The van der Waals surface area contributed by atoms with Crippen LogP contribution in [0.2, 0.25) is 0 Å². The number of benzene rings is 3. The molecule has 0 aliphatic carbocycles. The van der Waals surface area contributed by atoms with E-state index in [1.54, 1.807) is 6.21 Å². The van der Waals surface area contributed by atoms with Crippen molar-refractivity contribution in [3.05, 3.63) is 108 Å². The van der Waals surface area contributed by atoms with Gasteiger partial charge < -0.3 is 4.57 Å². The summed E-state index contributed by atoms with van der Waals surface area (Å²) in [6.07, 6.45) is 3.78. The second-order valence-electron chi connectivity index (χ2n) is 6.88. The number of aromatic nitrogens is 1. The minimum absolute atomic E-state index is 0.155. The highest BCUT2D eigenvalue weighted by molar-refractivity contribution is 6.00. The molecule has 1 heterocycles. The average molecular weight is 381 g/mol. The largest absolute Gasteiger partial charge is 0.347 e. The first-order valence-corrected chi connectivity index (χ1v) is 9.78. The Hall–Kier alpha value is -3.66. The third-order valence-corrected chi connectivity index (χ3v) is 5.07. The molecular formula is C25H23N3O. The van der Waals surface area contributed by atoms with Crippen LogP contribution in [-0.4, -0.2) is 16.7 Å². The van der Waals surface area contributed by atoms with Crippen molar-refractivity contribution in [2.75, 3.05) is 0 Å². The highest BCUT2D eigenvalue weighted by atomic mass is 16.2. The summed E-state index contributed by atoms with van der Waals surface area (Å²) in [4.78, 5) is 13.0. The van der Waals surface area contributed by atoms with Crippen LogP contribution in [0.3, 0.4) is 0 Å². The molecular weight excluding hydrogens is 358 g/mol. The molecule has 1 aromatic heterocycles. The first-order valence-electron chi connectivity index (χ1n) is 9.78. The summed E-state index contributed by atoms with van der Waals surface area (Å²) in [5.74, 6) is -0.565. The summed E-state index contributed by atoms with van der Waals surface area (Å²) >= 11 is 0. The van der Waals surface area contributed by atoms with Crippen LogP contribution >= 0.6 is 0 Å². The quantitative estimate of drug-likeness (QED) is 0.373. The van der Waals surface area contributed by atoms with Crippen LogP contribution in [0.1, 0.15) is 29.5 Å². The number of hydrogen-bond acceptors (Lipinski definition) is 2. The van der Waals surface area contributed by atoms with Gasteiger partial charge in [-0.25, -0.2) is 5.43 Å². The fourth-order valence-electron chi connectivity index (χ4n) is 3.66. The van der Waals surface area contributed by atoms with Crippen molar-refractivity contribution in [1.82, 2.24) is 9.99 Å². The van der Waals surface area contributed by atoms with E-state index >= 15 is 0 Å². The predicted molar refractivity (Wildman–Crippen MR) is 118 cm³/mol. The van der Waals surface area contributed by atoms with Crippen LogP contribution < -0.4 is 5.43 Å². The summed E-state index contributed by atoms with van der Waals surface area (Å²) in [7, 11) is 0. The van der Waals surface area contributed by atoms with E-state index in [1.807, 2.05) is 72.8 Å². The lowest BCUT2D eigenvalue weighted by Gasteiger charge is -2.16. The number of para-hydroxylation sites is 1. The molecule has 1 amide bonds. The van der Waals surface area contributed by atoms with Crippen LogP contribution in [0.15, 0.2) is 96.2 Å². The number of hydrogen-bond donors (Lipinski definition) is 1. The maximum absolute atomic E-state index is 13.0. The summed E-state index contributed by atoms with van der Waals surface area (Å²) in [5, 5.41) is 5.39. The Morgan fingerprint density at radius 3 is 2.14 bits per heavy atom. The second kappa shape index (κ2) is 8.57. The molecule has 4 aromatic rings. The number of carbonyl (C=O) groups is 1. The van der Waals surface area contributed by atoms with Gasteiger partial charge in [0.2, 0.25) is 0 Å². The molecule has 0 atom stereocenters. The van der Waals surface area contributed by atoms with Crippen LogP contribution in [0.25, 0.3) is 10.9 Å². The van der Waals surface area contributed by atoms with Crippen molar-refractivity contribution in [1.29, 1.82) is 0 Å². The van der Waals surface area contributed by atoms with Crippen molar-refractivity contribution in [2.45, 2.75) is 19.4 Å². The molecule has 0 unspecified atom stereocenters. The van der Waals surface area contributed by atoms with Gasteiger partial charge in [-0.15, -0.1) is 0 Å². The van der Waals surface area contributed by atoms with E-state index in [1.165, 1.54) is 0 Å². The van der Waals surface area contributed by atoms with Crippen LogP contribution in [0.4, 0.5) is 0 Å². The zero-order valence-electron chi connectivity index (χ0n) is 16.3. The van der Waals surface area contributed by atoms with Gasteiger partial charge in [-0.2, -0.15) is 5.10 Å². The van der Waals surface area contributed by atoms with E-state index in [9.17, 15) is 4.79 Å². The minimum atomic E-state index is -0.411. The lowest BCUT2D eigenvalue weighted by atomic mass is 9.91. The van der Waals surface area contributed by atoms with Gasteiger partial charge in [0, 0.05) is 29.2 Å². The smallest absolute Gasteiger partial charge is 0.252 e. The molecule has 0 saturated carbocycles. The number of nitrogens with zero attached hydrogens (tertiary/aromatic N) is 2. The van der Waals surface area contributed by atoms with Gasteiger partial charge in [0.05, 0.1) is 12.1 Å². The maximum atomic E-state index is 13.0. The van der Waals surface area contributed by atoms with Crippen molar-refractivity contribution in [2.24, 2.45) is 5.10 Å². The number of rotatable bonds is 6. The fraction of sp³-hybridized carbons (Fsp3) is 0.120. The fourth-order valence-corrected chi connectivity index (χ4v) is 3.66. The van der Waals surface area contributed by atoms with Crippen molar-refractivity contribution in [3.63, 3.8) is 0 Å². The predicted octanol–water partition coefficient (Wildman–Crippen LogP) is 4.94. The van der Waals surface area contributed by atoms with E-state index in [2.05, 4.69) is 40.3 Å². The van der Waals surface area contributed by atoms with Crippen molar-refractivity contribution < 1.29 is 4.79 Å². The molecule has 0 bridgehead atoms. The number of amides is 1. The second-order valence-corrected chi connectivity index (χ2v) is 6.88. The third-order valence-electron chi connectivity index (χ3n) is 5.07. The molecule has 4 heteroatoms. The molecule has 29 heavy (non-hydrogen) atoms. The van der Waals surface area contributed by atoms with Gasteiger partial charge in [0.1, 0.15) is 0 Å². The molecule has 1 N–H and O–H groups in total. The van der Waals surface area contributed by atoms with Gasteiger partial charge in [0.15, 0.2) is 0 Å². The number of aryl methyl sites for hydroxylation is 1. The van der Waals surface area contributed by atoms with E-state index in [0.29, 0.717) is 0 Å². The minimum Gasteiger partial charge on any atom is -0.347 e. The highest BCUT2D eigenvalue weighted by Crippen LogP contribution is 2.25. The van der Waals surface area contributed by atoms with Gasteiger partial charge in [-0.3, -0.25) is 4.79 Å². The monoisotopic (exact) mass is 381 g/mol. The van der Waals surface area contributed by atoms with E-state index in [0.717, 1.165) is 34.1 Å². The van der Waals surface area contributed by atoms with E-state index in [-0.39, 0.29) is 5.91 Å².